The average Bonchev–Trinajstić information content (AvgIpc) is 2.91. The molecule has 3 nitrogen and oxygen atoms in total. The first-order valence-corrected chi connectivity index (χ1v) is 8.41. The molecule has 4 heteroatoms. The van der Waals surface area contributed by atoms with E-state index in [1.54, 1.807) is 0 Å². The van der Waals surface area contributed by atoms with Crippen LogP contribution < -0.4 is 5.32 Å². The molecule has 0 radical (unpaired) electrons. The number of rotatable bonds is 6. The van der Waals surface area contributed by atoms with Gasteiger partial charge in [0.2, 0.25) is 0 Å². The van der Waals surface area contributed by atoms with E-state index < -0.39 is 0 Å². The molecule has 1 aliphatic carbocycles. The van der Waals surface area contributed by atoms with E-state index in [4.69, 9.17) is 0 Å². The van der Waals surface area contributed by atoms with Gasteiger partial charge < -0.3 is 5.32 Å². The van der Waals surface area contributed by atoms with Gasteiger partial charge in [0.25, 0.3) is 0 Å². The molecule has 1 aromatic rings. The van der Waals surface area contributed by atoms with Crippen molar-refractivity contribution in [3.63, 3.8) is 0 Å². The van der Waals surface area contributed by atoms with Gasteiger partial charge in [-0.15, -0.1) is 11.8 Å². The lowest BCUT2D eigenvalue weighted by Crippen LogP contribution is -2.08. The van der Waals surface area contributed by atoms with Crippen molar-refractivity contribution in [3.8, 4) is 0 Å². The SMILES string of the molecule is CCCNc1nc(C)nc(SCC2CCCC2)c1C. The standard InChI is InChI=1S/C15H25N3S/c1-4-9-16-14-11(2)15(18-12(3)17-14)19-10-13-7-5-6-8-13/h13H,4-10H2,1-3H3,(H,16,17,18). The lowest BCUT2D eigenvalue weighted by molar-refractivity contribution is 0.622. The van der Waals surface area contributed by atoms with E-state index in [2.05, 4.69) is 29.1 Å². The fourth-order valence-electron chi connectivity index (χ4n) is 2.53. The van der Waals surface area contributed by atoms with Gasteiger partial charge in [0.1, 0.15) is 16.7 Å². The van der Waals surface area contributed by atoms with Gasteiger partial charge >= 0.3 is 0 Å². The normalized spacial score (nSPS) is 15.9. The van der Waals surface area contributed by atoms with Crippen LogP contribution in [0, 0.1) is 19.8 Å². The molecule has 1 saturated carbocycles. The highest BCUT2D eigenvalue weighted by molar-refractivity contribution is 7.99. The van der Waals surface area contributed by atoms with Crippen molar-refractivity contribution < 1.29 is 0 Å². The van der Waals surface area contributed by atoms with Crippen molar-refractivity contribution in [2.75, 3.05) is 17.6 Å². The molecule has 0 unspecified atom stereocenters. The van der Waals surface area contributed by atoms with Crippen molar-refractivity contribution in [1.29, 1.82) is 0 Å². The zero-order valence-electron chi connectivity index (χ0n) is 12.3. The van der Waals surface area contributed by atoms with Gasteiger partial charge in [-0.1, -0.05) is 19.8 Å². The fraction of sp³-hybridized carbons (Fsp3) is 0.733. The highest BCUT2D eigenvalue weighted by Gasteiger charge is 2.17. The summed E-state index contributed by atoms with van der Waals surface area (Å²) >= 11 is 1.91. The number of hydrogen-bond acceptors (Lipinski definition) is 4. The van der Waals surface area contributed by atoms with Gasteiger partial charge in [-0.3, -0.25) is 0 Å². The first-order valence-electron chi connectivity index (χ1n) is 7.42. The average molecular weight is 279 g/mol. The van der Waals surface area contributed by atoms with Gasteiger partial charge in [-0.25, -0.2) is 9.97 Å². The maximum absolute atomic E-state index is 4.61. The Morgan fingerprint density at radius 1 is 1.21 bits per heavy atom. The summed E-state index contributed by atoms with van der Waals surface area (Å²) in [5, 5.41) is 4.57. The highest BCUT2D eigenvalue weighted by Crippen LogP contribution is 2.32. The molecule has 0 atom stereocenters. The minimum Gasteiger partial charge on any atom is -0.370 e. The van der Waals surface area contributed by atoms with Crippen molar-refractivity contribution in [3.05, 3.63) is 11.4 Å². The first kappa shape index (κ1) is 14.6. The van der Waals surface area contributed by atoms with E-state index in [1.807, 2.05) is 18.7 Å². The number of hydrogen-bond donors (Lipinski definition) is 1. The van der Waals surface area contributed by atoms with E-state index in [-0.39, 0.29) is 0 Å². The fourth-order valence-corrected chi connectivity index (χ4v) is 3.77. The number of anilines is 1. The van der Waals surface area contributed by atoms with Crippen LogP contribution in [0.5, 0.6) is 0 Å². The Hall–Kier alpha value is -0.770. The molecule has 1 fully saturated rings. The summed E-state index contributed by atoms with van der Waals surface area (Å²) < 4.78 is 0. The topological polar surface area (TPSA) is 37.8 Å². The summed E-state index contributed by atoms with van der Waals surface area (Å²) in [7, 11) is 0. The summed E-state index contributed by atoms with van der Waals surface area (Å²) in [6, 6.07) is 0. The van der Waals surface area contributed by atoms with E-state index in [9.17, 15) is 0 Å². The number of thioether (sulfide) groups is 1. The summed E-state index contributed by atoms with van der Waals surface area (Å²) in [4.78, 5) is 9.13. The minimum atomic E-state index is 0.873. The third-order valence-electron chi connectivity index (χ3n) is 3.69. The van der Waals surface area contributed by atoms with Crippen LogP contribution in [-0.4, -0.2) is 22.3 Å². The molecular formula is C15H25N3S. The lowest BCUT2D eigenvalue weighted by Gasteiger charge is -2.13. The number of aromatic nitrogens is 2. The molecule has 1 aliphatic rings. The van der Waals surface area contributed by atoms with Crippen LogP contribution in [0.15, 0.2) is 5.03 Å². The molecule has 2 rings (SSSR count). The van der Waals surface area contributed by atoms with Gasteiger partial charge in [0.05, 0.1) is 0 Å². The Labute approximate surface area is 121 Å². The number of aryl methyl sites for hydroxylation is 1. The maximum Gasteiger partial charge on any atom is 0.133 e. The predicted octanol–water partition coefficient (Wildman–Crippen LogP) is 4.20. The molecule has 0 aromatic carbocycles. The number of nitrogens with zero attached hydrogens (tertiary/aromatic N) is 2. The summed E-state index contributed by atoms with van der Waals surface area (Å²) in [6.07, 6.45) is 6.74. The third kappa shape index (κ3) is 4.10. The van der Waals surface area contributed by atoms with Crippen molar-refractivity contribution in [1.82, 2.24) is 9.97 Å². The monoisotopic (exact) mass is 279 g/mol. The maximum atomic E-state index is 4.61. The quantitative estimate of drug-likeness (QED) is 0.625. The van der Waals surface area contributed by atoms with Crippen LogP contribution in [0.3, 0.4) is 0 Å². The Kier molecular flexibility index (Phi) is 5.49. The third-order valence-corrected chi connectivity index (χ3v) is 4.99. The van der Waals surface area contributed by atoms with E-state index in [1.165, 1.54) is 37.0 Å². The van der Waals surface area contributed by atoms with Gasteiger partial charge in [-0.05, 0) is 39.0 Å². The second-order valence-electron chi connectivity index (χ2n) is 5.44. The summed E-state index contributed by atoms with van der Waals surface area (Å²) in [5.74, 6) is 4.00. The Morgan fingerprint density at radius 2 is 1.95 bits per heavy atom. The zero-order chi connectivity index (χ0) is 13.7. The molecule has 106 valence electrons. The van der Waals surface area contributed by atoms with Gasteiger partial charge in [0, 0.05) is 17.9 Å². The molecule has 1 heterocycles. The molecule has 1 aromatic heterocycles. The van der Waals surface area contributed by atoms with Gasteiger partial charge in [-0.2, -0.15) is 0 Å². The smallest absolute Gasteiger partial charge is 0.133 e. The summed E-state index contributed by atoms with van der Waals surface area (Å²) in [5.41, 5.74) is 1.21. The first-order chi connectivity index (χ1) is 9.20. The van der Waals surface area contributed by atoms with E-state index >= 15 is 0 Å². The molecule has 0 spiro atoms. The van der Waals surface area contributed by atoms with Crippen molar-refractivity contribution in [2.24, 2.45) is 5.92 Å². The van der Waals surface area contributed by atoms with Crippen LogP contribution in [0.1, 0.15) is 50.4 Å². The molecule has 0 aliphatic heterocycles. The van der Waals surface area contributed by atoms with Crippen molar-refractivity contribution in [2.45, 2.75) is 57.9 Å². The predicted molar refractivity (Wildman–Crippen MR) is 83.0 cm³/mol. The van der Waals surface area contributed by atoms with E-state index in [0.717, 1.165) is 35.6 Å². The van der Waals surface area contributed by atoms with Crippen LogP contribution in [0.25, 0.3) is 0 Å². The molecule has 0 amide bonds. The second-order valence-corrected chi connectivity index (χ2v) is 6.45. The van der Waals surface area contributed by atoms with Crippen LogP contribution in [0.4, 0.5) is 5.82 Å². The molecular weight excluding hydrogens is 254 g/mol. The molecule has 0 saturated heterocycles. The second kappa shape index (κ2) is 7.13. The van der Waals surface area contributed by atoms with Crippen molar-refractivity contribution >= 4 is 17.6 Å². The van der Waals surface area contributed by atoms with E-state index in [0.29, 0.717) is 0 Å². The molecule has 0 bridgehead atoms. The Morgan fingerprint density at radius 3 is 2.63 bits per heavy atom. The Bertz CT molecular complexity index is 414. The van der Waals surface area contributed by atoms with Crippen LogP contribution in [-0.2, 0) is 0 Å². The van der Waals surface area contributed by atoms with Gasteiger partial charge in [0.15, 0.2) is 0 Å². The van der Waals surface area contributed by atoms with Crippen LogP contribution in [0.2, 0.25) is 0 Å². The van der Waals surface area contributed by atoms with Crippen LogP contribution >= 0.6 is 11.8 Å². The zero-order valence-corrected chi connectivity index (χ0v) is 13.1. The highest BCUT2D eigenvalue weighted by atomic mass is 32.2. The lowest BCUT2D eigenvalue weighted by atomic mass is 10.1. The number of nitrogens with one attached hydrogen (secondary N) is 1. The summed E-state index contributed by atoms with van der Waals surface area (Å²) in [6.45, 7) is 7.26. The molecule has 1 N–H and O–H groups in total. The molecule has 19 heavy (non-hydrogen) atoms. The largest absolute Gasteiger partial charge is 0.370 e. The minimum absolute atomic E-state index is 0.873. The Balaban J connectivity index is 2.03.